The lowest BCUT2D eigenvalue weighted by Gasteiger charge is -2.05. The van der Waals surface area contributed by atoms with E-state index >= 15 is 0 Å². The van der Waals surface area contributed by atoms with Gasteiger partial charge in [0.2, 0.25) is 0 Å². The van der Waals surface area contributed by atoms with Crippen LogP contribution in [0.15, 0.2) is 47.5 Å². The van der Waals surface area contributed by atoms with E-state index in [1.807, 2.05) is 13.0 Å². The number of thiazole rings is 1. The van der Waals surface area contributed by atoms with Gasteiger partial charge in [-0.15, -0.1) is 0 Å². The molecule has 0 radical (unpaired) electrons. The summed E-state index contributed by atoms with van der Waals surface area (Å²) >= 11 is 1.40. The number of carbonyl (C=O) groups is 2. The summed E-state index contributed by atoms with van der Waals surface area (Å²) in [5.41, 5.74) is 2.56. The van der Waals surface area contributed by atoms with Crippen molar-refractivity contribution in [2.45, 2.75) is 39.7 Å². The molecule has 0 atom stereocenters. The van der Waals surface area contributed by atoms with Crippen molar-refractivity contribution in [3.8, 4) is 5.75 Å². The number of carbonyl (C=O) groups excluding carboxylic acids is 2. The van der Waals surface area contributed by atoms with Crippen molar-refractivity contribution in [3.63, 3.8) is 0 Å². The van der Waals surface area contributed by atoms with Gasteiger partial charge in [-0.05, 0) is 61.7 Å². The van der Waals surface area contributed by atoms with Crippen LogP contribution in [-0.4, -0.2) is 30.2 Å². The fraction of sp³-hybridized carbons (Fsp3) is 0.348. The van der Waals surface area contributed by atoms with E-state index in [1.165, 1.54) is 24.0 Å². The lowest BCUT2D eigenvalue weighted by atomic mass is 10.1. The molecule has 6 nitrogen and oxygen atoms in total. The van der Waals surface area contributed by atoms with Crippen LogP contribution in [0, 0.1) is 0 Å². The van der Waals surface area contributed by atoms with E-state index in [-0.39, 0.29) is 18.4 Å². The minimum absolute atomic E-state index is 0.000196. The van der Waals surface area contributed by atoms with Gasteiger partial charge in [0.1, 0.15) is 12.3 Å². The third-order valence-electron chi connectivity index (χ3n) is 4.69. The normalized spacial score (nSPS) is 11.6. The van der Waals surface area contributed by atoms with Crippen molar-refractivity contribution in [1.29, 1.82) is 0 Å². The van der Waals surface area contributed by atoms with Gasteiger partial charge in [-0.2, -0.15) is 4.99 Å². The number of aromatic nitrogens is 1. The summed E-state index contributed by atoms with van der Waals surface area (Å²) in [5.74, 6) is -0.0505. The Labute approximate surface area is 179 Å². The number of ether oxygens (including phenoxy) is 2. The number of unbranched alkanes of at least 4 members (excludes halogenated alkanes) is 1. The van der Waals surface area contributed by atoms with Gasteiger partial charge in [-0.1, -0.05) is 30.7 Å². The molecule has 0 spiro atoms. The number of hydrogen-bond donors (Lipinski definition) is 0. The molecule has 0 saturated carbocycles. The monoisotopic (exact) mass is 426 g/mol. The quantitative estimate of drug-likeness (QED) is 0.502. The van der Waals surface area contributed by atoms with Gasteiger partial charge in [0.25, 0.3) is 5.91 Å². The Morgan fingerprint density at radius 3 is 2.53 bits per heavy atom. The van der Waals surface area contributed by atoms with Crippen LogP contribution in [0.2, 0.25) is 0 Å². The number of esters is 1. The SMILES string of the molecule is CCCCc1ccc2c(c1)sc(=NC(=O)c1ccc(OCC)cc1)n2CC(=O)OC. The number of hydrogen-bond acceptors (Lipinski definition) is 5. The van der Waals surface area contributed by atoms with Crippen LogP contribution in [-0.2, 0) is 22.5 Å². The lowest BCUT2D eigenvalue weighted by molar-refractivity contribution is -0.141. The number of fused-ring (bicyclic) bond motifs is 1. The average Bonchev–Trinajstić information content (AvgIpc) is 3.08. The van der Waals surface area contributed by atoms with Gasteiger partial charge in [-0.3, -0.25) is 9.59 Å². The number of amides is 1. The van der Waals surface area contributed by atoms with Crippen molar-refractivity contribution < 1.29 is 19.1 Å². The first-order valence-corrected chi connectivity index (χ1v) is 10.9. The van der Waals surface area contributed by atoms with Crippen molar-refractivity contribution in [1.82, 2.24) is 4.57 Å². The van der Waals surface area contributed by atoms with E-state index in [2.05, 4.69) is 24.0 Å². The Kier molecular flexibility index (Phi) is 7.41. The molecule has 1 heterocycles. The van der Waals surface area contributed by atoms with Crippen LogP contribution in [0.25, 0.3) is 10.2 Å². The van der Waals surface area contributed by atoms with Crippen molar-refractivity contribution in [3.05, 3.63) is 58.4 Å². The highest BCUT2D eigenvalue weighted by Gasteiger charge is 2.13. The van der Waals surface area contributed by atoms with Crippen LogP contribution in [0.4, 0.5) is 0 Å². The number of nitrogens with zero attached hydrogens (tertiary/aromatic N) is 2. The maximum absolute atomic E-state index is 12.7. The second-order valence-electron chi connectivity index (χ2n) is 6.83. The second kappa shape index (κ2) is 10.2. The molecule has 1 amide bonds. The molecule has 2 aromatic carbocycles. The van der Waals surface area contributed by atoms with Crippen LogP contribution in [0.1, 0.15) is 42.6 Å². The molecule has 0 N–H and O–H groups in total. The van der Waals surface area contributed by atoms with Gasteiger partial charge in [0.15, 0.2) is 4.80 Å². The molecule has 3 aromatic rings. The second-order valence-corrected chi connectivity index (χ2v) is 7.84. The smallest absolute Gasteiger partial charge is 0.325 e. The van der Waals surface area contributed by atoms with Crippen molar-refractivity contribution in [2.24, 2.45) is 4.99 Å². The number of aryl methyl sites for hydroxylation is 1. The highest BCUT2D eigenvalue weighted by Crippen LogP contribution is 2.21. The van der Waals surface area contributed by atoms with Crippen molar-refractivity contribution >= 4 is 33.4 Å². The summed E-state index contributed by atoms with van der Waals surface area (Å²) in [6, 6.07) is 13.1. The van der Waals surface area contributed by atoms with Gasteiger partial charge >= 0.3 is 5.97 Å². The predicted octanol–water partition coefficient (Wildman–Crippen LogP) is 4.36. The average molecular weight is 427 g/mol. The zero-order valence-electron chi connectivity index (χ0n) is 17.5. The largest absolute Gasteiger partial charge is 0.494 e. The first kappa shape index (κ1) is 21.8. The molecule has 0 aliphatic carbocycles. The van der Waals surface area contributed by atoms with Crippen LogP contribution < -0.4 is 9.54 Å². The molecular weight excluding hydrogens is 400 g/mol. The molecule has 3 rings (SSSR count). The van der Waals surface area contributed by atoms with E-state index in [9.17, 15) is 9.59 Å². The highest BCUT2D eigenvalue weighted by molar-refractivity contribution is 7.16. The Balaban J connectivity index is 2.01. The number of rotatable bonds is 8. The van der Waals surface area contributed by atoms with E-state index < -0.39 is 0 Å². The van der Waals surface area contributed by atoms with E-state index in [4.69, 9.17) is 9.47 Å². The zero-order valence-corrected chi connectivity index (χ0v) is 18.3. The first-order chi connectivity index (χ1) is 14.5. The molecule has 158 valence electrons. The van der Waals surface area contributed by atoms with E-state index in [0.29, 0.717) is 22.7 Å². The molecule has 0 saturated heterocycles. The van der Waals surface area contributed by atoms with Crippen LogP contribution in [0.3, 0.4) is 0 Å². The molecule has 0 bridgehead atoms. The third-order valence-corrected chi connectivity index (χ3v) is 5.73. The molecule has 0 aliphatic heterocycles. The molecule has 7 heteroatoms. The van der Waals surface area contributed by atoms with Crippen LogP contribution >= 0.6 is 11.3 Å². The lowest BCUT2D eigenvalue weighted by Crippen LogP contribution is -2.22. The molecule has 0 unspecified atom stereocenters. The fourth-order valence-electron chi connectivity index (χ4n) is 3.10. The zero-order chi connectivity index (χ0) is 21.5. The first-order valence-electron chi connectivity index (χ1n) is 10.1. The number of benzene rings is 2. The Morgan fingerprint density at radius 2 is 1.87 bits per heavy atom. The third kappa shape index (κ3) is 5.16. The summed E-state index contributed by atoms with van der Waals surface area (Å²) in [5, 5.41) is 0. The molecule has 1 aromatic heterocycles. The van der Waals surface area contributed by atoms with Gasteiger partial charge in [0.05, 0.1) is 23.9 Å². The summed E-state index contributed by atoms with van der Waals surface area (Å²) in [6.07, 6.45) is 3.24. The van der Waals surface area contributed by atoms with Crippen molar-refractivity contribution in [2.75, 3.05) is 13.7 Å². The maximum Gasteiger partial charge on any atom is 0.325 e. The Hall–Kier alpha value is -2.93. The Morgan fingerprint density at radius 1 is 1.10 bits per heavy atom. The molecule has 0 aliphatic rings. The number of methoxy groups -OCH3 is 1. The highest BCUT2D eigenvalue weighted by atomic mass is 32.1. The molecular formula is C23H26N2O4S. The van der Waals surface area contributed by atoms with Gasteiger partial charge < -0.3 is 14.0 Å². The van der Waals surface area contributed by atoms with E-state index in [0.717, 1.165) is 29.5 Å². The topological polar surface area (TPSA) is 69.9 Å². The van der Waals surface area contributed by atoms with E-state index in [1.54, 1.807) is 28.8 Å². The van der Waals surface area contributed by atoms with Crippen LogP contribution in [0.5, 0.6) is 5.75 Å². The fourth-order valence-corrected chi connectivity index (χ4v) is 4.19. The predicted molar refractivity (Wildman–Crippen MR) is 118 cm³/mol. The minimum atomic E-state index is -0.389. The van der Waals surface area contributed by atoms with Gasteiger partial charge in [-0.25, -0.2) is 0 Å². The summed E-state index contributed by atoms with van der Waals surface area (Å²) in [6.45, 7) is 4.63. The summed E-state index contributed by atoms with van der Waals surface area (Å²) in [4.78, 5) is 29.5. The molecule has 30 heavy (non-hydrogen) atoms. The Bertz CT molecular complexity index is 1100. The molecule has 0 fully saturated rings. The summed E-state index contributed by atoms with van der Waals surface area (Å²) < 4.78 is 13.0. The van der Waals surface area contributed by atoms with Gasteiger partial charge in [0, 0.05) is 5.56 Å². The summed E-state index contributed by atoms with van der Waals surface area (Å²) in [7, 11) is 1.35. The standard InChI is InChI=1S/C23H26N2O4S/c1-4-6-7-16-8-13-19-20(14-16)30-23(25(19)15-21(26)28-3)24-22(27)17-9-11-18(12-10-17)29-5-2/h8-14H,4-7,15H2,1-3H3. The minimum Gasteiger partial charge on any atom is -0.494 e. The maximum atomic E-state index is 12.7.